The molecule has 1 atom stereocenters. The third kappa shape index (κ3) is 4.42. The van der Waals surface area contributed by atoms with Gasteiger partial charge in [-0.1, -0.05) is 12.1 Å². The SMILES string of the molecule is CCOC(=O)c1ccc(S(=O)(=O)N2CCN(C(=O)[C@H]3COc4ccccc4O3)CC2)cc1. The maximum absolute atomic E-state index is 13.0. The zero-order valence-corrected chi connectivity index (χ0v) is 18.4. The van der Waals surface area contributed by atoms with Crippen molar-refractivity contribution >= 4 is 21.9 Å². The molecule has 2 aromatic rings. The van der Waals surface area contributed by atoms with E-state index in [1.165, 1.54) is 28.6 Å². The van der Waals surface area contributed by atoms with Crippen molar-refractivity contribution in [3.8, 4) is 11.5 Å². The first-order valence-corrected chi connectivity index (χ1v) is 11.8. The summed E-state index contributed by atoms with van der Waals surface area (Å²) >= 11 is 0. The van der Waals surface area contributed by atoms with Crippen molar-refractivity contribution in [1.82, 2.24) is 9.21 Å². The molecule has 2 heterocycles. The molecule has 0 unspecified atom stereocenters. The lowest BCUT2D eigenvalue weighted by Gasteiger charge is -2.36. The van der Waals surface area contributed by atoms with Crippen molar-refractivity contribution in [3.05, 3.63) is 54.1 Å². The number of fused-ring (bicyclic) bond motifs is 1. The van der Waals surface area contributed by atoms with E-state index in [2.05, 4.69) is 0 Å². The molecule has 0 bridgehead atoms. The second-order valence-corrected chi connectivity index (χ2v) is 9.28. The quantitative estimate of drug-likeness (QED) is 0.624. The normalized spacial score (nSPS) is 18.8. The summed E-state index contributed by atoms with van der Waals surface area (Å²) in [4.78, 5) is 26.3. The summed E-state index contributed by atoms with van der Waals surface area (Å²) in [7, 11) is -3.74. The summed E-state index contributed by atoms with van der Waals surface area (Å²) in [5.74, 6) is 0.390. The van der Waals surface area contributed by atoms with Crippen molar-refractivity contribution in [2.24, 2.45) is 0 Å². The summed E-state index contributed by atoms with van der Waals surface area (Å²) in [6, 6.07) is 12.8. The highest BCUT2D eigenvalue weighted by atomic mass is 32.2. The van der Waals surface area contributed by atoms with E-state index in [9.17, 15) is 18.0 Å². The van der Waals surface area contributed by atoms with Crippen LogP contribution in [0.3, 0.4) is 0 Å². The highest BCUT2D eigenvalue weighted by Gasteiger charge is 2.35. The standard InChI is InChI=1S/C22H24N2O7S/c1-2-29-22(26)16-7-9-17(10-8-16)32(27,28)24-13-11-23(12-14-24)21(25)20-15-30-18-5-3-4-6-19(18)31-20/h3-10,20H,2,11-15H2,1H3/t20-/m1/s1. The number of hydrogen-bond acceptors (Lipinski definition) is 7. The van der Waals surface area contributed by atoms with Crippen LogP contribution in [0.4, 0.5) is 0 Å². The smallest absolute Gasteiger partial charge is 0.338 e. The van der Waals surface area contributed by atoms with Crippen LogP contribution in [0.25, 0.3) is 0 Å². The molecule has 170 valence electrons. The first-order valence-electron chi connectivity index (χ1n) is 10.3. The van der Waals surface area contributed by atoms with E-state index in [1.807, 2.05) is 6.07 Å². The van der Waals surface area contributed by atoms with Crippen LogP contribution >= 0.6 is 0 Å². The summed E-state index contributed by atoms with van der Waals surface area (Å²) in [6.45, 7) is 2.89. The van der Waals surface area contributed by atoms with Gasteiger partial charge in [0, 0.05) is 26.2 Å². The maximum atomic E-state index is 13.0. The van der Waals surface area contributed by atoms with Gasteiger partial charge in [-0.15, -0.1) is 0 Å². The molecule has 9 nitrogen and oxygen atoms in total. The minimum atomic E-state index is -3.74. The van der Waals surface area contributed by atoms with Gasteiger partial charge in [0.2, 0.25) is 16.1 Å². The number of carbonyl (C=O) groups is 2. The fraction of sp³-hybridized carbons (Fsp3) is 0.364. The highest BCUT2D eigenvalue weighted by molar-refractivity contribution is 7.89. The van der Waals surface area contributed by atoms with Crippen LogP contribution < -0.4 is 9.47 Å². The minimum Gasteiger partial charge on any atom is -0.485 e. The molecule has 0 saturated carbocycles. The van der Waals surface area contributed by atoms with E-state index < -0.39 is 22.1 Å². The molecule has 4 rings (SSSR count). The third-order valence-electron chi connectivity index (χ3n) is 5.34. The molecular formula is C22H24N2O7S. The lowest BCUT2D eigenvalue weighted by molar-refractivity contribution is -0.142. The predicted octanol–water partition coefficient (Wildman–Crippen LogP) is 1.54. The van der Waals surface area contributed by atoms with E-state index >= 15 is 0 Å². The molecule has 0 N–H and O–H groups in total. The Labute approximate surface area is 186 Å². The summed E-state index contributed by atoms with van der Waals surface area (Å²) < 4.78 is 43.6. The zero-order chi connectivity index (χ0) is 22.7. The van der Waals surface area contributed by atoms with Crippen LogP contribution in [0.2, 0.25) is 0 Å². The van der Waals surface area contributed by atoms with E-state index in [4.69, 9.17) is 14.2 Å². The number of para-hydroxylation sites is 2. The maximum Gasteiger partial charge on any atom is 0.338 e. The Bertz CT molecular complexity index is 1090. The zero-order valence-electron chi connectivity index (χ0n) is 17.6. The topological polar surface area (TPSA) is 102 Å². The van der Waals surface area contributed by atoms with E-state index in [1.54, 1.807) is 30.0 Å². The van der Waals surface area contributed by atoms with E-state index in [-0.39, 0.29) is 55.8 Å². The van der Waals surface area contributed by atoms with Crippen LogP contribution in [0, 0.1) is 0 Å². The van der Waals surface area contributed by atoms with Gasteiger partial charge in [0.1, 0.15) is 6.61 Å². The summed E-state index contributed by atoms with van der Waals surface area (Å²) in [5.41, 5.74) is 0.289. The van der Waals surface area contributed by atoms with Gasteiger partial charge in [0.05, 0.1) is 17.1 Å². The molecular weight excluding hydrogens is 436 g/mol. The number of ether oxygens (including phenoxy) is 3. The van der Waals surface area contributed by atoms with Gasteiger partial charge in [-0.2, -0.15) is 4.31 Å². The number of piperazine rings is 1. The molecule has 0 spiro atoms. The molecule has 10 heteroatoms. The minimum absolute atomic E-state index is 0.0888. The largest absolute Gasteiger partial charge is 0.485 e. The third-order valence-corrected chi connectivity index (χ3v) is 7.25. The van der Waals surface area contributed by atoms with Crippen molar-refractivity contribution in [3.63, 3.8) is 0 Å². The van der Waals surface area contributed by atoms with Crippen molar-refractivity contribution < 1.29 is 32.2 Å². The fourth-order valence-electron chi connectivity index (χ4n) is 3.62. The molecule has 1 fully saturated rings. The van der Waals surface area contributed by atoms with Gasteiger partial charge in [-0.05, 0) is 43.3 Å². The Morgan fingerprint density at radius 1 is 1.00 bits per heavy atom. The Balaban J connectivity index is 1.37. The van der Waals surface area contributed by atoms with Gasteiger partial charge in [0.25, 0.3) is 5.91 Å². The first kappa shape index (κ1) is 22.1. The summed E-state index contributed by atoms with van der Waals surface area (Å²) in [5, 5.41) is 0. The van der Waals surface area contributed by atoms with Crippen LogP contribution in [0.5, 0.6) is 11.5 Å². The second kappa shape index (κ2) is 9.17. The van der Waals surface area contributed by atoms with Crippen LogP contribution in [0.1, 0.15) is 17.3 Å². The molecule has 0 radical (unpaired) electrons. The number of rotatable bonds is 5. The first-order chi connectivity index (χ1) is 15.4. The van der Waals surface area contributed by atoms with Gasteiger partial charge in [-0.25, -0.2) is 13.2 Å². The van der Waals surface area contributed by atoms with Crippen molar-refractivity contribution in [2.45, 2.75) is 17.9 Å². The number of nitrogens with zero attached hydrogens (tertiary/aromatic N) is 2. The lowest BCUT2D eigenvalue weighted by Crippen LogP contribution is -2.55. The second-order valence-electron chi connectivity index (χ2n) is 7.34. The highest BCUT2D eigenvalue weighted by Crippen LogP contribution is 2.31. The van der Waals surface area contributed by atoms with Gasteiger partial charge < -0.3 is 19.1 Å². The Morgan fingerprint density at radius 3 is 2.31 bits per heavy atom. The molecule has 1 amide bonds. The molecule has 2 aromatic carbocycles. The molecule has 2 aliphatic rings. The average molecular weight is 461 g/mol. The molecule has 2 aliphatic heterocycles. The number of benzene rings is 2. The van der Waals surface area contributed by atoms with Crippen LogP contribution in [0.15, 0.2) is 53.4 Å². The monoisotopic (exact) mass is 460 g/mol. The number of sulfonamides is 1. The predicted molar refractivity (Wildman–Crippen MR) is 114 cm³/mol. The number of esters is 1. The molecule has 1 saturated heterocycles. The fourth-order valence-corrected chi connectivity index (χ4v) is 5.04. The number of amides is 1. The Kier molecular flexibility index (Phi) is 6.33. The number of carbonyl (C=O) groups excluding carboxylic acids is 2. The van der Waals surface area contributed by atoms with Crippen molar-refractivity contribution in [2.75, 3.05) is 39.4 Å². The van der Waals surface area contributed by atoms with Gasteiger partial charge in [-0.3, -0.25) is 4.79 Å². The van der Waals surface area contributed by atoms with Gasteiger partial charge >= 0.3 is 5.97 Å². The van der Waals surface area contributed by atoms with Gasteiger partial charge in [0.15, 0.2) is 11.5 Å². The molecule has 32 heavy (non-hydrogen) atoms. The molecule has 0 aliphatic carbocycles. The van der Waals surface area contributed by atoms with E-state index in [0.717, 1.165) is 0 Å². The molecule has 0 aromatic heterocycles. The van der Waals surface area contributed by atoms with E-state index in [0.29, 0.717) is 11.5 Å². The Hall–Kier alpha value is -3.11. The van der Waals surface area contributed by atoms with Crippen molar-refractivity contribution in [1.29, 1.82) is 0 Å². The van der Waals surface area contributed by atoms with Crippen LogP contribution in [-0.4, -0.2) is 75.0 Å². The Morgan fingerprint density at radius 2 is 1.66 bits per heavy atom. The summed E-state index contributed by atoms with van der Waals surface area (Å²) in [6.07, 6.45) is -0.761. The average Bonchev–Trinajstić information content (AvgIpc) is 2.83. The lowest BCUT2D eigenvalue weighted by atomic mass is 10.2. The number of hydrogen-bond donors (Lipinski definition) is 0. The van der Waals surface area contributed by atoms with Crippen LogP contribution in [-0.2, 0) is 19.6 Å².